The second-order valence-electron chi connectivity index (χ2n) is 8.91. The van der Waals surface area contributed by atoms with E-state index in [1.807, 2.05) is 19.9 Å². The molecule has 0 spiro atoms. The van der Waals surface area contributed by atoms with Crippen molar-refractivity contribution in [2.75, 3.05) is 18.0 Å². The van der Waals surface area contributed by atoms with Gasteiger partial charge in [0, 0.05) is 37.6 Å². The molecule has 1 saturated heterocycles. The van der Waals surface area contributed by atoms with E-state index in [0.29, 0.717) is 0 Å². The van der Waals surface area contributed by atoms with Gasteiger partial charge >= 0.3 is 12.3 Å². The van der Waals surface area contributed by atoms with Gasteiger partial charge in [0.15, 0.2) is 5.65 Å². The maximum absolute atomic E-state index is 14.2. The number of hydrogen-bond acceptors (Lipinski definition) is 7. The first-order valence-corrected chi connectivity index (χ1v) is 11.2. The second kappa shape index (κ2) is 8.41. The van der Waals surface area contributed by atoms with Crippen LogP contribution in [-0.2, 0) is 10.9 Å². The van der Waals surface area contributed by atoms with Gasteiger partial charge in [0.05, 0.1) is 22.6 Å². The van der Waals surface area contributed by atoms with Crippen LogP contribution in [0.15, 0.2) is 30.9 Å². The molecule has 0 unspecified atom stereocenters. The fourth-order valence-corrected chi connectivity index (χ4v) is 4.34. The van der Waals surface area contributed by atoms with Gasteiger partial charge in [-0.25, -0.2) is 19.7 Å². The molecule has 0 aromatic carbocycles. The number of aromatic nitrogens is 4. The molecule has 4 heterocycles. The highest BCUT2D eigenvalue weighted by Gasteiger charge is 2.40. The summed E-state index contributed by atoms with van der Waals surface area (Å²) in [5.74, 6) is 0.273. The molecular weight excluding hydrogens is 463 g/mol. The summed E-state index contributed by atoms with van der Waals surface area (Å²) in [5.41, 5.74) is -0.612. The lowest BCUT2D eigenvalue weighted by Crippen LogP contribution is -2.58. The van der Waals surface area contributed by atoms with Gasteiger partial charge < -0.3 is 14.5 Å². The van der Waals surface area contributed by atoms with Crippen molar-refractivity contribution in [2.45, 2.75) is 51.1 Å². The number of halogens is 3. The Hall–Kier alpha value is -3.88. The molecular formula is C23H22F3N7O2. The standard InChI is InChI=1S/C23H22F3N7O2/c1-13-10-32(22(34)35-16-3-4-16)14(2)9-31(13)20-19-17(23(24,25)26)11-33(21(19)30-12-29-20)18-7-15(8-27)5-6-28-18/h5-7,11-14,16H,3-4,9-10H2,1-2H3/t13-,14+/m0/s1. The second-order valence-corrected chi connectivity index (χ2v) is 8.91. The topological polar surface area (TPSA) is 100 Å². The lowest BCUT2D eigenvalue weighted by molar-refractivity contribution is -0.136. The Kier molecular flexibility index (Phi) is 5.50. The molecule has 1 aliphatic heterocycles. The van der Waals surface area contributed by atoms with Crippen LogP contribution in [0.2, 0.25) is 0 Å². The molecule has 5 rings (SSSR count). The fourth-order valence-electron chi connectivity index (χ4n) is 4.34. The van der Waals surface area contributed by atoms with Gasteiger partial charge in [-0.2, -0.15) is 18.4 Å². The highest BCUT2D eigenvalue weighted by atomic mass is 19.4. The van der Waals surface area contributed by atoms with Crippen molar-refractivity contribution in [1.29, 1.82) is 5.26 Å². The highest BCUT2D eigenvalue weighted by Crippen LogP contribution is 2.41. The average Bonchev–Trinajstić information content (AvgIpc) is 3.54. The molecule has 2 atom stereocenters. The number of carbonyl (C=O) groups is 1. The molecule has 0 bridgehead atoms. The van der Waals surface area contributed by atoms with Gasteiger partial charge in [-0.15, -0.1) is 0 Å². The molecule has 1 saturated carbocycles. The summed E-state index contributed by atoms with van der Waals surface area (Å²) >= 11 is 0. The fraction of sp³-hybridized carbons (Fsp3) is 0.435. The molecule has 182 valence electrons. The minimum atomic E-state index is -4.68. The third kappa shape index (κ3) is 4.22. The van der Waals surface area contributed by atoms with Crippen molar-refractivity contribution in [1.82, 2.24) is 24.4 Å². The SMILES string of the molecule is C[C@@H]1CN(c2ncnc3c2c(C(F)(F)F)cn3-c2cc(C#N)ccn2)[C@@H](C)CN1C(=O)OC1CC1. The molecule has 2 fully saturated rings. The number of fused-ring (bicyclic) bond motifs is 1. The van der Waals surface area contributed by atoms with Crippen LogP contribution in [-0.4, -0.2) is 61.8 Å². The van der Waals surface area contributed by atoms with Crippen LogP contribution >= 0.6 is 0 Å². The van der Waals surface area contributed by atoms with Gasteiger partial charge in [0.25, 0.3) is 0 Å². The van der Waals surface area contributed by atoms with Crippen LogP contribution < -0.4 is 4.90 Å². The van der Waals surface area contributed by atoms with Gasteiger partial charge in [-0.1, -0.05) is 0 Å². The Bertz CT molecular complexity index is 1330. The van der Waals surface area contributed by atoms with E-state index in [0.717, 1.165) is 19.0 Å². The van der Waals surface area contributed by atoms with E-state index in [1.54, 1.807) is 9.80 Å². The van der Waals surface area contributed by atoms with E-state index in [2.05, 4.69) is 15.0 Å². The summed E-state index contributed by atoms with van der Waals surface area (Å²) in [7, 11) is 0. The lowest BCUT2D eigenvalue weighted by Gasteiger charge is -2.44. The summed E-state index contributed by atoms with van der Waals surface area (Å²) in [6.45, 7) is 4.22. The summed E-state index contributed by atoms with van der Waals surface area (Å²) in [6.07, 6.45) is 0.114. The molecule has 3 aromatic heterocycles. The number of carbonyl (C=O) groups excluding carboxylic acids is 1. The molecule has 1 aliphatic carbocycles. The molecule has 35 heavy (non-hydrogen) atoms. The van der Waals surface area contributed by atoms with E-state index >= 15 is 0 Å². The minimum Gasteiger partial charge on any atom is -0.446 e. The normalized spacial score (nSPS) is 20.7. The number of piperazine rings is 1. The number of hydrogen-bond donors (Lipinski definition) is 0. The number of nitriles is 1. The van der Waals surface area contributed by atoms with Crippen LogP contribution in [0.1, 0.15) is 37.8 Å². The zero-order chi connectivity index (χ0) is 24.9. The van der Waals surface area contributed by atoms with Gasteiger partial charge in [-0.3, -0.25) is 4.57 Å². The maximum Gasteiger partial charge on any atom is 0.418 e. The van der Waals surface area contributed by atoms with Crippen molar-refractivity contribution in [2.24, 2.45) is 0 Å². The van der Waals surface area contributed by atoms with E-state index in [4.69, 9.17) is 4.74 Å². The van der Waals surface area contributed by atoms with E-state index in [-0.39, 0.29) is 59.5 Å². The number of ether oxygens (including phenoxy) is 1. The van der Waals surface area contributed by atoms with Crippen molar-refractivity contribution in [3.05, 3.63) is 42.0 Å². The summed E-state index contributed by atoms with van der Waals surface area (Å²) < 4.78 is 49.2. The van der Waals surface area contributed by atoms with Crippen molar-refractivity contribution in [3.63, 3.8) is 0 Å². The highest BCUT2D eigenvalue weighted by molar-refractivity contribution is 5.93. The van der Waals surface area contributed by atoms with E-state index in [1.165, 1.54) is 29.2 Å². The Labute approximate surface area is 198 Å². The molecule has 9 nitrogen and oxygen atoms in total. The van der Waals surface area contributed by atoms with Gasteiger partial charge in [0.2, 0.25) is 0 Å². The average molecular weight is 485 g/mol. The Morgan fingerprint density at radius 2 is 1.94 bits per heavy atom. The Balaban J connectivity index is 1.57. The van der Waals surface area contributed by atoms with Crippen LogP contribution in [0.3, 0.4) is 0 Å². The van der Waals surface area contributed by atoms with Crippen LogP contribution in [0.4, 0.5) is 23.8 Å². The van der Waals surface area contributed by atoms with E-state index in [9.17, 15) is 23.2 Å². The third-order valence-electron chi connectivity index (χ3n) is 6.27. The number of alkyl halides is 3. The van der Waals surface area contributed by atoms with Crippen molar-refractivity contribution < 1.29 is 22.7 Å². The number of amides is 1. The smallest absolute Gasteiger partial charge is 0.418 e. The Morgan fingerprint density at radius 1 is 1.17 bits per heavy atom. The van der Waals surface area contributed by atoms with Crippen LogP contribution in [0.5, 0.6) is 0 Å². The number of anilines is 1. The van der Waals surface area contributed by atoms with Gasteiger partial charge in [-0.05, 0) is 38.8 Å². The van der Waals surface area contributed by atoms with Crippen molar-refractivity contribution >= 4 is 22.9 Å². The predicted octanol–water partition coefficient (Wildman–Crippen LogP) is 3.90. The lowest BCUT2D eigenvalue weighted by atomic mass is 10.1. The molecule has 2 aliphatic rings. The number of pyridine rings is 1. The number of nitrogens with zero attached hydrogens (tertiary/aromatic N) is 7. The minimum absolute atomic E-state index is 0.0281. The zero-order valence-electron chi connectivity index (χ0n) is 19.0. The monoisotopic (exact) mass is 485 g/mol. The van der Waals surface area contributed by atoms with Crippen LogP contribution in [0, 0.1) is 11.3 Å². The molecule has 3 aromatic rings. The molecule has 0 radical (unpaired) electrons. The van der Waals surface area contributed by atoms with Gasteiger partial charge in [0.1, 0.15) is 24.1 Å². The van der Waals surface area contributed by atoms with Crippen molar-refractivity contribution in [3.8, 4) is 11.9 Å². The van der Waals surface area contributed by atoms with Crippen LogP contribution in [0.25, 0.3) is 16.9 Å². The summed E-state index contributed by atoms with van der Waals surface area (Å²) in [5, 5.41) is 9.05. The predicted molar refractivity (Wildman–Crippen MR) is 119 cm³/mol. The first-order chi connectivity index (χ1) is 16.7. The zero-order valence-corrected chi connectivity index (χ0v) is 19.0. The number of rotatable bonds is 3. The Morgan fingerprint density at radius 3 is 2.63 bits per heavy atom. The third-order valence-corrected chi connectivity index (χ3v) is 6.27. The quantitative estimate of drug-likeness (QED) is 0.555. The first-order valence-electron chi connectivity index (χ1n) is 11.2. The molecule has 1 amide bonds. The van der Waals surface area contributed by atoms with E-state index < -0.39 is 17.8 Å². The molecule has 0 N–H and O–H groups in total. The molecule has 12 heteroatoms. The first kappa shape index (κ1) is 22.9. The summed E-state index contributed by atoms with van der Waals surface area (Å²) in [6, 6.07) is 4.22. The summed E-state index contributed by atoms with van der Waals surface area (Å²) in [4.78, 5) is 28.5. The maximum atomic E-state index is 14.2. The largest absolute Gasteiger partial charge is 0.446 e.